The quantitative estimate of drug-likeness (QED) is 0.275. The number of nitriles is 2. The van der Waals surface area contributed by atoms with E-state index in [1.165, 1.54) is 11.3 Å². The lowest BCUT2D eigenvalue weighted by atomic mass is 9.96. The number of rotatable bonds is 8. The Bertz CT molecular complexity index is 1550. The molecular formula is C27H24N6O2S2. The van der Waals surface area contributed by atoms with Crippen LogP contribution in [-0.4, -0.2) is 28.2 Å². The van der Waals surface area contributed by atoms with E-state index in [0.717, 1.165) is 34.0 Å². The molecular weight excluding hydrogens is 504 g/mol. The number of pyridine rings is 1. The van der Waals surface area contributed by atoms with Gasteiger partial charge in [0.1, 0.15) is 34.3 Å². The Labute approximate surface area is 223 Å². The van der Waals surface area contributed by atoms with Gasteiger partial charge in [0.15, 0.2) is 5.13 Å². The van der Waals surface area contributed by atoms with Crippen LogP contribution in [0.3, 0.4) is 0 Å². The number of aryl methyl sites for hydroxylation is 1. The Kier molecular flexibility index (Phi) is 7.92. The molecule has 0 spiro atoms. The molecule has 37 heavy (non-hydrogen) atoms. The van der Waals surface area contributed by atoms with Crippen molar-refractivity contribution < 1.29 is 9.53 Å². The van der Waals surface area contributed by atoms with Crippen LogP contribution in [-0.2, 0) is 11.2 Å². The van der Waals surface area contributed by atoms with Gasteiger partial charge in [-0.2, -0.15) is 10.5 Å². The fourth-order valence-electron chi connectivity index (χ4n) is 3.81. The molecule has 4 aromatic rings. The number of nitrogens with zero attached hydrogens (tertiary/aromatic N) is 4. The van der Waals surface area contributed by atoms with Gasteiger partial charge in [0, 0.05) is 5.56 Å². The van der Waals surface area contributed by atoms with E-state index in [1.54, 1.807) is 7.11 Å². The fraction of sp³-hybridized carbons (Fsp3) is 0.222. The summed E-state index contributed by atoms with van der Waals surface area (Å²) in [5.41, 5.74) is 9.54. The third-order valence-corrected chi connectivity index (χ3v) is 8.09. The lowest BCUT2D eigenvalue weighted by Gasteiger charge is -2.17. The van der Waals surface area contributed by atoms with Crippen molar-refractivity contribution in [3.63, 3.8) is 0 Å². The predicted molar refractivity (Wildman–Crippen MR) is 148 cm³/mol. The van der Waals surface area contributed by atoms with Gasteiger partial charge >= 0.3 is 0 Å². The summed E-state index contributed by atoms with van der Waals surface area (Å²) in [6.45, 7) is 3.93. The zero-order chi connectivity index (χ0) is 26.5. The summed E-state index contributed by atoms with van der Waals surface area (Å²) in [5, 5.41) is 23.0. The van der Waals surface area contributed by atoms with Gasteiger partial charge in [-0.3, -0.25) is 4.79 Å². The van der Waals surface area contributed by atoms with Crippen molar-refractivity contribution in [1.82, 2.24) is 9.97 Å². The second kappa shape index (κ2) is 11.3. The third kappa shape index (κ3) is 5.36. The van der Waals surface area contributed by atoms with Crippen molar-refractivity contribution in [3.05, 3.63) is 59.2 Å². The van der Waals surface area contributed by atoms with E-state index in [2.05, 4.69) is 34.3 Å². The van der Waals surface area contributed by atoms with E-state index in [-0.39, 0.29) is 22.9 Å². The number of ether oxygens (including phenoxy) is 1. The Balaban J connectivity index is 1.66. The van der Waals surface area contributed by atoms with Crippen molar-refractivity contribution in [2.75, 3.05) is 18.2 Å². The maximum absolute atomic E-state index is 13.2. The first-order chi connectivity index (χ1) is 17.9. The van der Waals surface area contributed by atoms with Crippen molar-refractivity contribution in [3.8, 4) is 29.0 Å². The van der Waals surface area contributed by atoms with Gasteiger partial charge in [-0.05, 0) is 42.2 Å². The second-order valence-corrected chi connectivity index (χ2v) is 10.3. The SMILES string of the molecule is CCc1ccc(-c2c(C#N)c(N)nc(SC(CC)C(=O)Nc3nc4ccc(OC)cc4s3)c2C#N)cc1. The molecule has 10 heteroatoms. The topological polar surface area (TPSA) is 138 Å². The molecule has 4 rings (SSSR count). The molecule has 2 aromatic carbocycles. The van der Waals surface area contributed by atoms with Crippen molar-refractivity contribution in [2.24, 2.45) is 0 Å². The monoisotopic (exact) mass is 528 g/mol. The minimum atomic E-state index is -0.566. The summed E-state index contributed by atoms with van der Waals surface area (Å²) in [7, 11) is 1.60. The van der Waals surface area contributed by atoms with Gasteiger partial charge < -0.3 is 15.8 Å². The molecule has 186 valence electrons. The van der Waals surface area contributed by atoms with Crippen LogP contribution >= 0.6 is 23.1 Å². The second-order valence-electron chi connectivity index (χ2n) is 8.06. The Morgan fingerprint density at radius 3 is 2.49 bits per heavy atom. The first kappa shape index (κ1) is 26.0. The number of amides is 1. The average molecular weight is 529 g/mol. The van der Waals surface area contributed by atoms with Crippen LogP contribution in [0.2, 0.25) is 0 Å². The van der Waals surface area contributed by atoms with E-state index in [0.29, 0.717) is 33.5 Å². The molecule has 0 radical (unpaired) electrons. The van der Waals surface area contributed by atoms with Gasteiger partial charge in [0.2, 0.25) is 5.91 Å². The van der Waals surface area contributed by atoms with Crippen molar-refractivity contribution >= 4 is 50.2 Å². The number of hydrogen-bond donors (Lipinski definition) is 2. The molecule has 0 aliphatic rings. The number of carbonyl (C=O) groups excluding carboxylic acids is 1. The highest BCUT2D eigenvalue weighted by Crippen LogP contribution is 2.38. The number of nitrogens with one attached hydrogen (secondary N) is 1. The lowest BCUT2D eigenvalue weighted by molar-refractivity contribution is -0.115. The van der Waals surface area contributed by atoms with Gasteiger partial charge in [-0.25, -0.2) is 9.97 Å². The predicted octanol–water partition coefficient (Wildman–Crippen LogP) is 5.76. The molecule has 1 atom stereocenters. The molecule has 1 unspecified atom stereocenters. The van der Waals surface area contributed by atoms with Gasteiger partial charge in [-0.1, -0.05) is 61.2 Å². The molecule has 0 saturated heterocycles. The fourth-order valence-corrected chi connectivity index (χ4v) is 5.72. The highest BCUT2D eigenvalue weighted by molar-refractivity contribution is 8.00. The van der Waals surface area contributed by atoms with Crippen molar-refractivity contribution in [1.29, 1.82) is 10.5 Å². The van der Waals surface area contributed by atoms with E-state index >= 15 is 0 Å². The number of anilines is 2. The Morgan fingerprint density at radius 2 is 1.86 bits per heavy atom. The standard InChI is InChI=1S/C27H24N6O2S2/c1-4-15-6-8-16(9-7-15)23-18(13-28)24(30)32-26(19(23)14-29)36-21(5-2)25(34)33-27-31-20-11-10-17(35-3)12-22(20)37-27/h6-12,21H,4-5H2,1-3H3,(H2,30,32)(H,31,33,34). The first-order valence-electron chi connectivity index (χ1n) is 11.6. The summed E-state index contributed by atoms with van der Waals surface area (Å²) in [5.74, 6) is 0.472. The van der Waals surface area contributed by atoms with E-state index in [1.807, 2.05) is 49.4 Å². The van der Waals surface area contributed by atoms with Crippen LogP contribution in [0, 0.1) is 22.7 Å². The summed E-state index contributed by atoms with van der Waals surface area (Å²) in [4.78, 5) is 22.0. The number of hydrogen-bond acceptors (Lipinski definition) is 9. The van der Waals surface area contributed by atoms with E-state index < -0.39 is 5.25 Å². The minimum absolute atomic E-state index is 0.0222. The maximum atomic E-state index is 13.2. The van der Waals surface area contributed by atoms with Crippen LogP contribution in [0.1, 0.15) is 37.0 Å². The summed E-state index contributed by atoms with van der Waals surface area (Å²) >= 11 is 2.50. The number of thioether (sulfide) groups is 1. The highest BCUT2D eigenvalue weighted by Gasteiger charge is 2.26. The first-order valence-corrected chi connectivity index (χ1v) is 13.3. The lowest BCUT2D eigenvalue weighted by Crippen LogP contribution is -2.25. The number of benzene rings is 2. The normalized spacial score (nSPS) is 11.5. The van der Waals surface area contributed by atoms with Gasteiger partial charge in [-0.15, -0.1) is 0 Å². The third-order valence-electron chi connectivity index (χ3n) is 5.81. The van der Waals surface area contributed by atoms with Crippen molar-refractivity contribution in [2.45, 2.75) is 37.0 Å². The van der Waals surface area contributed by atoms with Crippen LogP contribution in [0.4, 0.5) is 10.9 Å². The zero-order valence-corrected chi connectivity index (χ0v) is 22.2. The summed E-state index contributed by atoms with van der Waals surface area (Å²) in [6, 6.07) is 17.5. The molecule has 1 amide bonds. The minimum Gasteiger partial charge on any atom is -0.497 e. The number of fused-ring (bicyclic) bond motifs is 1. The van der Waals surface area contributed by atoms with Gasteiger partial charge in [0.05, 0.1) is 28.1 Å². The maximum Gasteiger partial charge on any atom is 0.239 e. The zero-order valence-electron chi connectivity index (χ0n) is 20.5. The van der Waals surface area contributed by atoms with Crippen LogP contribution in [0.15, 0.2) is 47.5 Å². The number of nitrogens with two attached hydrogens (primary N) is 1. The van der Waals surface area contributed by atoms with E-state index in [9.17, 15) is 15.3 Å². The Morgan fingerprint density at radius 1 is 1.14 bits per heavy atom. The molecule has 8 nitrogen and oxygen atoms in total. The summed E-state index contributed by atoms with van der Waals surface area (Å²) < 4.78 is 6.15. The van der Waals surface area contributed by atoms with Gasteiger partial charge in [0.25, 0.3) is 0 Å². The largest absolute Gasteiger partial charge is 0.497 e. The molecule has 3 N–H and O–H groups in total. The number of thiazole rings is 1. The molecule has 2 aromatic heterocycles. The molecule has 0 aliphatic heterocycles. The molecule has 0 bridgehead atoms. The van der Waals surface area contributed by atoms with E-state index in [4.69, 9.17) is 10.5 Å². The molecule has 2 heterocycles. The Hall–Kier alpha value is -4.12. The molecule has 0 fully saturated rings. The van der Waals surface area contributed by atoms with Crippen LogP contribution < -0.4 is 15.8 Å². The number of aromatic nitrogens is 2. The van der Waals surface area contributed by atoms with Crippen LogP contribution in [0.5, 0.6) is 5.75 Å². The number of nitrogen functional groups attached to an aromatic ring is 1. The highest BCUT2D eigenvalue weighted by atomic mass is 32.2. The number of carbonyl (C=O) groups is 1. The molecule has 0 saturated carbocycles. The van der Waals surface area contributed by atoms with Crippen LogP contribution in [0.25, 0.3) is 21.3 Å². The smallest absolute Gasteiger partial charge is 0.239 e. The summed E-state index contributed by atoms with van der Waals surface area (Å²) in [6.07, 6.45) is 1.34. The molecule has 0 aliphatic carbocycles. The number of methoxy groups -OCH3 is 1. The average Bonchev–Trinajstić information content (AvgIpc) is 3.32.